The van der Waals surface area contributed by atoms with E-state index in [2.05, 4.69) is 63.4 Å². The molecule has 1 saturated carbocycles. The van der Waals surface area contributed by atoms with Crippen molar-refractivity contribution in [3.8, 4) is 0 Å². The molecule has 3 aromatic rings. The van der Waals surface area contributed by atoms with Gasteiger partial charge >= 0.3 is 0 Å². The van der Waals surface area contributed by atoms with Gasteiger partial charge in [0.05, 0.1) is 5.52 Å². The second kappa shape index (κ2) is 3.71. The molecule has 110 valence electrons. The van der Waals surface area contributed by atoms with Crippen molar-refractivity contribution in [1.82, 2.24) is 4.98 Å². The molecule has 2 bridgehead atoms. The summed E-state index contributed by atoms with van der Waals surface area (Å²) in [5.74, 6) is 0.677. The van der Waals surface area contributed by atoms with Gasteiger partial charge in [-0.3, -0.25) is 4.98 Å². The van der Waals surface area contributed by atoms with E-state index in [0.717, 1.165) is 0 Å². The maximum absolute atomic E-state index is 4.90. The van der Waals surface area contributed by atoms with Gasteiger partial charge in [-0.2, -0.15) is 0 Å². The van der Waals surface area contributed by atoms with Gasteiger partial charge in [-0.05, 0) is 46.1 Å². The third kappa shape index (κ3) is 1.21. The number of fused-ring (bicyclic) bond motifs is 9. The fourth-order valence-electron chi connectivity index (χ4n) is 5.32. The fourth-order valence-corrected chi connectivity index (χ4v) is 5.32. The summed E-state index contributed by atoms with van der Waals surface area (Å²) >= 11 is 0. The Morgan fingerprint density at radius 1 is 1.00 bits per heavy atom. The Bertz CT molecular complexity index is 937. The largest absolute Gasteiger partial charge is 0.255 e. The van der Waals surface area contributed by atoms with Crippen LogP contribution >= 0.6 is 0 Å². The van der Waals surface area contributed by atoms with Crippen molar-refractivity contribution < 1.29 is 0 Å². The highest BCUT2D eigenvalue weighted by Gasteiger charge is 2.59. The monoisotopic (exact) mass is 287 g/mol. The summed E-state index contributed by atoms with van der Waals surface area (Å²) < 4.78 is 0. The predicted octanol–water partition coefficient (Wildman–Crippen LogP) is 5.56. The lowest BCUT2D eigenvalue weighted by Crippen LogP contribution is -2.31. The molecule has 1 heterocycles. The van der Waals surface area contributed by atoms with Gasteiger partial charge in [-0.15, -0.1) is 0 Å². The topological polar surface area (TPSA) is 12.9 Å². The van der Waals surface area contributed by atoms with E-state index in [9.17, 15) is 0 Å². The first-order valence-corrected chi connectivity index (χ1v) is 8.35. The third-order valence-electron chi connectivity index (χ3n) is 6.94. The number of hydrogen-bond acceptors (Lipinski definition) is 1. The molecular weight excluding hydrogens is 266 g/mol. The molecule has 1 fully saturated rings. The SMILES string of the molecule is CC1(C)[C@H]2CC[C@]1(C)c1c2cnc2c1ccc1ccccc12. The van der Waals surface area contributed by atoms with Gasteiger partial charge in [0.25, 0.3) is 0 Å². The van der Waals surface area contributed by atoms with E-state index in [-0.39, 0.29) is 5.41 Å². The highest BCUT2D eigenvalue weighted by molar-refractivity contribution is 6.07. The summed E-state index contributed by atoms with van der Waals surface area (Å²) in [4.78, 5) is 4.90. The van der Waals surface area contributed by atoms with Crippen molar-refractivity contribution in [3.63, 3.8) is 0 Å². The van der Waals surface area contributed by atoms with E-state index < -0.39 is 0 Å². The Balaban J connectivity index is 1.95. The minimum Gasteiger partial charge on any atom is -0.255 e. The van der Waals surface area contributed by atoms with Crippen LogP contribution in [0.15, 0.2) is 42.6 Å². The zero-order valence-electron chi connectivity index (χ0n) is 13.5. The molecule has 0 N–H and O–H groups in total. The van der Waals surface area contributed by atoms with Crippen LogP contribution in [-0.4, -0.2) is 4.98 Å². The average molecular weight is 287 g/mol. The molecule has 0 aliphatic heterocycles. The maximum Gasteiger partial charge on any atom is 0.0783 e. The second-order valence-electron chi connectivity index (χ2n) is 7.92. The normalized spacial score (nSPS) is 28.4. The van der Waals surface area contributed by atoms with Gasteiger partial charge in [0, 0.05) is 17.0 Å². The summed E-state index contributed by atoms with van der Waals surface area (Å²) in [5.41, 5.74) is 4.92. The van der Waals surface area contributed by atoms with Gasteiger partial charge in [0.1, 0.15) is 0 Å². The minimum atomic E-state index is 0.288. The molecule has 0 unspecified atom stereocenters. The van der Waals surface area contributed by atoms with Crippen LogP contribution < -0.4 is 0 Å². The van der Waals surface area contributed by atoms with E-state index in [1.165, 1.54) is 40.1 Å². The Labute approximate surface area is 131 Å². The lowest BCUT2D eigenvalue weighted by molar-refractivity contribution is 0.232. The molecule has 0 amide bonds. The number of hydrogen-bond donors (Lipinski definition) is 0. The van der Waals surface area contributed by atoms with E-state index in [0.29, 0.717) is 11.3 Å². The smallest absolute Gasteiger partial charge is 0.0783 e. The van der Waals surface area contributed by atoms with Crippen LogP contribution in [0.3, 0.4) is 0 Å². The van der Waals surface area contributed by atoms with Crippen molar-refractivity contribution in [3.05, 3.63) is 53.7 Å². The number of nitrogens with zero attached hydrogens (tertiary/aromatic N) is 1. The molecule has 2 aromatic carbocycles. The van der Waals surface area contributed by atoms with E-state index >= 15 is 0 Å². The molecule has 0 radical (unpaired) electrons. The van der Waals surface area contributed by atoms with Gasteiger partial charge in [-0.1, -0.05) is 57.2 Å². The number of pyridine rings is 1. The summed E-state index contributed by atoms with van der Waals surface area (Å²) in [6.45, 7) is 7.39. The Morgan fingerprint density at radius 2 is 1.82 bits per heavy atom. The van der Waals surface area contributed by atoms with Crippen molar-refractivity contribution >= 4 is 21.7 Å². The highest BCUT2D eigenvalue weighted by Crippen LogP contribution is 2.68. The van der Waals surface area contributed by atoms with Crippen LogP contribution in [-0.2, 0) is 5.41 Å². The lowest BCUT2D eigenvalue weighted by atomic mass is 9.68. The summed E-state index contributed by atoms with van der Waals surface area (Å²) in [7, 11) is 0. The molecule has 2 atom stereocenters. The van der Waals surface area contributed by atoms with Crippen molar-refractivity contribution in [2.75, 3.05) is 0 Å². The van der Waals surface area contributed by atoms with Crippen molar-refractivity contribution in [1.29, 1.82) is 0 Å². The minimum absolute atomic E-state index is 0.288. The molecule has 22 heavy (non-hydrogen) atoms. The average Bonchev–Trinajstić information content (AvgIpc) is 2.86. The van der Waals surface area contributed by atoms with E-state index in [1.807, 2.05) is 0 Å². The fraction of sp³-hybridized carbons (Fsp3) is 0.381. The van der Waals surface area contributed by atoms with Crippen LogP contribution in [0.1, 0.15) is 50.7 Å². The Morgan fingerprint density at radius 3 is 2.68 bits per heavy atom. The van der Waals surface area contributed by atoms with Gasteiger partial charge in [-0.25, -0.2) is 0 Å². The maximum atomic E-state index is 4.90. The van der Waals surface area contributed by atoms with Crippen LogP contribution in [0.5, 0.6) is 0 Å². The molecule has 1 heteroatoms. The first-order chi connectivity index (χ1) is 10.5. The molecule has 2 aliphatic rings. The van der Waals surface area contributed by atoms with Crippen LogP contribution in [0.25, 0.3) is 21.7 Å². The third-order valence-corrected chi connectivity index (χ3v) is 6.94. The number of benzene rings is 2. The molecule has 2 aliphatic carbocycles. The van der Waals surface area contributed by atoms with Crippen LogP contribution in [0.4, 0.5) is 0 Å². The van der Waals surface area contributed by atoms with E-state index in [1.54, 1.807) is 5.56 Å². The molecule has 5 rings (SSSR count). The zero-order chi connectivity index (χ0) is 15.1. The molecule has 0 spiro atoms. The highest BCUT2D eigenvalue weighted by atomic mass is 14.7. The first-order valence-electron chi connectivity index (χ1n) is 8.35. The van der Waals surface area contributed by atoms with Crippen LogP contribution in [0, 0.1) is 5.41 Å². The second-order valence-corrected chi connectivity index (χ2v) is 7.92. The first kappa shape index (κ1) is 12.6. The van der Waals surface area contributed by atoms with Gasteiger partial charge in [0.15, 0.2) is 0 Å². The summed E-state index contributed by atoms with van der Waals surface area (Å²) in [5, 5.41) is 3.95. The lowest BCUT2D eigenvalue weighted by Gasteiger charge is -2.35. The number of rotatable bonds is 0. The molecule has 0 saturated heterocycles. The zero-order valence-corrected chi connectivity index (χ0v) is 13.5. The van der Waals surface area contributed by atoms with Gasteiger partial charge < -0.3 is 0 Å². The Kier molecular flexibility index (Phi) is 2.13. The van der Waals surface area contributed by atoms with Crippen molar-refractivity contribution in [2.24, 2.45) is 5.41 Å². The molecule has 1 aromatic heterocycles. The Hall–Kier alpha value is -1.89. The summed E-state index contributed by atoms with van der Waals surface area (Å²) in [6.07, 6.45) is 4.81. The molecular formula is C21H21N. The van der Waals surface area contributed by atoms with Gasteiger partial charge in [0.2, 0.25) is 0 Å². The standard InChI is InChI=1S/C21H21N/c1-20(2)17-10-11-21(20,3)18-15-9-8-13-6-4-5-7-14(13)19(15)22-12-16(17)18/h4-9,12,17H,10-11H2,1-3H3/t17-,21+/m0/s1. The van der Waals surface area contributed by atoms with Crippen molar-refractivity contribution in [2.45, 2.75) is 44.9 Å². The predicted molar refractivity (Wildman–Crippen MR) is 92.4 cm³/mol. The van der Waals surface area contributed by atoms with Crippen LogP contribution in [0.2, 0.25) is 0 Å². The van der Waals surface area contributed by atoms with E-state index in [4.69, 9.17) is 4.98 Å². The number of aromatic nitrogens is 1. The quantitative estimate of drug-likeness (QED) is 0.493. The summed E-state index contributed by atoms with van der Waals surface area (Å²) in [6, 6.07) is 13.2. The molecule has 1 nitrogen and oxygen atoms in total.